The molecule has 0 bridgehead atoms. The Kier molecular flexibility index (Phi) is 7.42. The number of primary sulfonamides is 1. The summed E-state index contributed by atoms with van der Waals surface area (Å²) in [6.07, 6.45) is 3.79. The zero-order valence-corrected chi connectivity index (χ0v) is 22.8. The van der Waals surface area contributed by atoms with Crippen LogP contribution in [0, 0.1) is 5.82 Å². The SMILES string of the molecule is CCOc1cc(CC)cc(C(Nc2ccc3c(N)nccc3c2)c2ncc(-c3ccccc3S(N)(=O)=O)[nH]2)c1F. The smallest absolute Gasteiger partial charge is 0.238 e. The molecular weight excluding hydrogens is 531 g/mol. The number of benzene rings is 3. The third-order valence-electron chi connectivity index (χ3n) is 6.61. The van der Waals surface area contributed by atoms with Crippen LogP contribution in [0.3, 0.4) is 0 Å². The maximum atomic E-state index is 15.9. The van der Waals surface area contributed by atoms with Crippen LogP contribution in [0.25, 0.3) is 22.0 Å². The van der Waals surface area contributed by atoms with Crippen molar-refractivity contribution in [3.8, 4) is 17.0 Å². The quantitative estimate of drug-likeness (QED) is 0.195. The average Bonchev–Trinajstić information content (AvgIpc) is 3.43. The Balaban J connectivity index is 1.66. The van der Waals surface area contributed by atoms with Gasteiger partial charge in [0.1, 0.15) is 17.7 Å². The summed E-state index contributed by atoms with van der Waals surface area (Å²) in [5.74, 6) is 0.400. The molecule has 0 amide bonds. The van der Waals surface area contributed by atoms with Gasteiger partial charge in [-0.15, -0.1) is 0 Å². The Bertz CT molecular complexity index is 1810. The van der Waals surface area contributed by atoms with Gasteiger partial charge >= 0.3 is 0 Å². The minimum absolute atomic E-state index is 0.0479. The Morgan fingerprint density at radius 2 is 1.88 bits per heavy atom. The molecule has 206 valence electrons. The molecular formula is C29H29FN6O3S. The molecule has 2 heterocycles. The van der Waals surface area contributed by atoms with Crippen molar-refractivity contribution < 1.29 is 17.5 Å². The van der Waals surface area contributed by atoms with Crippen molar-refractivity contribution >= 4 is 32.3 Å². The van der Waals surface area contributed by atoms with Crippen LogP contribution in [0.1, 0.15) is 36.8 Å². The first-order valence-electron chi connectivity index (χ1n) is 12.7. The summed E-state index contributed by atoms with van der Waals surface area (Å²) in [6.45, 7) is 4.08. The van der Waals surface area contributed by atoms with Crippen molar-refractivity contribution in [2.75, 3.05) is 17.7 Å². The van der Waals surface area contributed by atoms with E-state index in [1.807, 2.05) is 31.2 Å². The van der Waals surface area contributed by atoms with Crippen LogP contribution in [0.4, 0.5) is 15.9 Å². The van der Waals surface area contributed by atoms with Crippen molar-refractivity contribution in [2.24, 2.45) is 5.14 Å². The number of nitrogens with two attached hydrogens (primary N) is 2. The highest BCUT2D eigenvalue weighted by atomic mass is 32.2. The number of nitrogens with zero attached hydrogens (tertiary/aromatic N) is 2. The molecule has 0 aliphatic carbocycles. The predicted octanol–water partition coefficient (Wildman–Crippen LogP) is 5.16. The summed E-state index contributed by atoms with van der Waals surface area (Å²) >= 11 is 0. The molecule has 1 atom stereocenters. The van der Waals surface area contributed by atoms with E-state index < -0.39 is 21.9 Å². The van der Waals surface area contributed by atoms with E-state index in [0.717, 1.165) is 16.3 Å². The zero-order valence-electron chi connectivity index (χ0n) is 22.0. The third-order valence-corrected chi connectivity index (χ3v) is 7.57. The normalized spacial score (nSPS) is 12.4. The number of aromatic nitrogens is 3. The van der Waals surface area contributed by atoms with Crippen LogP contribution >= 0.6 is 0 Å². The number of fused-ring (bicyclic) bond motifs is 1. The Morgan fingerprint density at radius 3 is 2.62 bits per heavy atom. The second kappa shape index (κ2) is 10.9. The van der Waals surface area contributed by atoms with Crippen LogP contribution in [-0.4, -0.2) is 30.0 Å². The maximum Gasteiger partial charge on any atom is 0.238 e. The molecule has 1 unspecified atom stereocenters. The monoisotopic (exact) mass is 560 g/mol. The highest BCUT2D eigenvalue weighted by Gasteiger charge is 2.26. The molecule has 2 aromatic heterocycles. The summed E-state index contributed by atoms with van der Waals surface area (Å²) in [6, 6.07) is 16.4. The highest BCUT2D eigenvalue weighted by Crippen LogP contribution is 2.35. The molecule has 0 fully saturated rings. The third kappa shape index (κ3) is 5.33. The molecule has 0 radical (unpaired) electrons. The largest absolute Gasteiger partial charge is 0.491 e. The van der Waals surface area contributed by atoms with Gasteiger partial charge in [0, 0.05) is 28.4 Å². The van der Waals surface area contributed by atoms with Crippen molar-refractivity contribution in [1.82, 2.24) is 15.0 Å². The first-order chi connectivity index (χ1) is 19.2. The van der Waals surface area contributed by atoms with Gasteiger partial charge in [0.15, 0.2) is 11.6 Å². The molecule has 11 heteroatoms. The fraction of sp³-hybridized carbons (Fsp3) is 0.172. The number of hydrogen-bond acceptors (Lipinski definition) is 7. The molecule has 5 aromatic rings. The predicted molar refractivity (Wildman–Crippen MR) is 154 cm³/mol. The van der Waals surface area contributed by atoms with Gasteiger partial charge in [-0.3, -0.25) is 0 Å². The van der Waals surface area contributed by atoms with Gasteiger partial charge in [-0.25, -0.2) is 27.9 Å². The number of aromatic amines is 1. The Hall–Kier alpha value is -4.48. The van der Waals surface area contributed by atoms with Crippen LogP contribution < -0.4 is 20.9 Å². The van der Waals surface area contributed by atoms with Gasteiger partial charge < -0.3 is 20.8 Å². The van der Waals surface area contributed by atoms with Crippen LogP contribution in [0.15, 0.2) is 78.0 Å². The number of pyridine rings is 1. The van der Waals surface area contributed by atoms with E-state index in [0.29, 0.717) is 47.2 Å². The fourth-order valence-corrected chi connectivity index (χ4v) is 5.41. The topological polar surface area (TPSA) is 149 Å². The lowest BCUT2D eigenvalue weighted by Crippen LogP contribution is -2.17. The first-order valence-corrected chi connectivity index (χ1v) is 14.3. The van der Waals surface area contributed by atoms with Crippen molar-refractivity contribution in [2.45, 2.75) is 31.2 Å². The minimum Gasteiger partial charge on any atom is -0.491 e. The number of hydrogen-bond donors (Lipinski definition) is 4. The van der Waals surface area contributed by atoms with Crippen molar-refractivity contribution in [1.29, 1.82) is 0 Å². The van der Waals surface area contributed by atoms with E-state index in [4.69, 9.17) is 15.6 Å². The summed E-state index contributed by atoms with van der Waals surface area (Å²) in [5.41, 5.74) is 8.69. The van der Waals surface area contributed by atoms with Gasteiger partial charge in [-0.1, -0.05) is 31.2 Å². The molecule has 6 N–H and O–H groups in total. The van der Waals surface area contributed by atoms with Gasteiger partial charge in [-0.05, 0) is 60.7 Å². The molecule has 0 aliphatic heterocycles. The summed E-state index contributed by atoms with van der Waals surface area (Å²) in [7, 11) is -4.00. The lowest BCUT2D eigenvalue weighted by molar-refractivity contribution is 0.319. The van der Waals surface area contributed by atoms with Crippen LogP contribution in [0.5, 0.6) is 5.75 Å². The number of H-pyrrole nitrogens is 1. The van der Waals surface area contributed by atoms with Crippen LogP contribution in [-0.2, 0) is 16.4 Å². The number of nitrogens with one attached hydrogen (secondary N) is 2. The number of anilines is 2. The molecule has 0 saturated heterocycles. The number of sulfonamides is 1. The van der Waals surface area contributed by atoms with E-state index in [2.05, 4.69) is 20.3 Å². The number of halogens is 1. The Labute approximate surface area is 231 Å². The van der Waals surface area contributed by atoms with E-state index in [9.17, 15) is 8.42 Å². The number of ether oxygens (including phenoxy) is 1. The van der Waals surface area contributed by atoms with Crippen LogP contribution in [0.2, 0.25) is 0 Å². The molecule has 5 rings (SSSR count). The zero-order chi connectivity index (χ0) is 28.4. The van der Waals surface area contributed by atoms with E-state index in [-0.39, 0.29) is 10.6 Å². The average molecular weight is 561 g/mol. The second-order valence-electron chi connectivity index (χ2n) is 9.22. The minimum atomic E-state index is -4.00. The van der Waals surface area contributed by atoms with Crippen molar-refractivity contribution in [3.63, 3.8) is 0 Å². The molecule has 0 spiro atoms. The Morgan fingerprint density at radius 1 is 1.07 bits per heavy atom. The molecule has 0 saturated carbocycles. The molecule has 0 aliphatic rings. The summed E-state index contributed by atoms with van der Waals surface area (Å²) < 4.78 is 46.0. The number of aryl methyl sites for hydroxylation is 1. The standard InChI is InChI=1S/C29H29FN6O3S/c1-3-17-13-22(26(30)24(14-17)39-4-2)27(35-19-9-10-20-18(15-19)11-12-33-28(20)31)29-34-16-23(36-29)21-7-5-6-8-25(21)40(32,37)38/h5-16,27,35H,3-4H2,1-2H3,(H2,31,33)(H,34,36)(H2,32,37,38). The number of nitrogen functional groups attached to an aromatic ring is 1. The number of rotatable bonds is 9. The van der Waals surface area contributed by atoms with Gasteiger partial charge in [0.25, 0.3) is 0 Å². The first kappa shape index (κ1) is 27.1. The van der Waals surface area contributed by atoms with Gasteiger partial charge in [-0.2, -0.15) is 0 Å². The lowest BCUT2D eigenvalue weighted by Gasteiger charge is -2.22. The second-order valence-corrected chi connectivity index (χ2v) is 10.7. The molecule has 9 nitrogen and oxygen atoms in total. The van der Waals surface area contributed by atoms with Crippen molar-refractivity contribution in [3.05, 3.63) is 95.8 Å². The summed E-state index contributed by atoms with van der Waals surface area (Å²) in [4.78, 5) is 11.8. The summed E-state index contributed by atoms with van der Waals surface area (Å²) in [5, 5.41) is 10.5. The van der Waals surface area contributed by atoms with Gasteiger partial charge in [0.05, 0.1) is 23.4 Å². The highest BCUT2D eigenvalue weighted by molar-refractivity contribution is 7.89. The fourth-order valence-electron chi connectivity index (χ4n) is 4.66. The maximum absolute atomic E-state index is 15.9. The lowest BCUT2D eigenvalue weighted by atomic mass is 9.99. The van der Waals surface area contributed by atoms with E-state index >= 15 is 4.39 Å². The van der Waals surface area contributed by atoms with Gasteiger partial charge in [0.2, 0.25) is 10.0 Å². The number of imidazole rings is 1. The van der Waals surface area contributed by atoms with E-state index in [1.54, 1.807) is 43.5 Å². The molecule has 40 heavy (non-hydrogen) atoms. The molecule has 3 aromatic carbocycles. The van der Waals surface area contributed by atoms with E-state index in [1.165, 1.54) is 12.3 Å².